The Morgan fingerprint density at radius 1 is 1.07 bits per heavy atom. The van der Waals surface area contributed by atoms with Gasteiger partial charge in [-0.05, 0) is 66.8 Å². The highest BCUT2D eigenvalue weighted by Crippen LogP contribution is 2.53. The van der Waals surface area contributed by atoms with E-state index < -0.39 is 0 Å². The largest absolute Gasteiger partial charge is 0.511 e. The predicted molar refractivity (Wildman–Crippen MR) is 107 cm³/mol. The highest BCUT2D eigenvalue weighted by molar-refractivity contribution is 6.30. The highest BCUT2D eigenvalue weighted by atomic mass is 35.5. The minimum Gasteiger partial charge on any atom is -0.511 e. The van der Waals surface area contributed by atoms with E-state index in [0.717, 1.165) is 30.4 Å². The fourth-order valence-corrected chi connectivity index (χ4v) is 5.02. The highest BCUT2D eigenvalue weighted by Gasteiger charge is 2.59. The van der Waals surface area contributed by atoms with Crippen molar-refractivity contribution in [1.29, 1.82) is 0 Å². The number of hydrogen-bond acceptors (Lipinski definition) is 4. The summed E-state index contributed by atoms with van der Waals surface area (Å²) in [6.07, 6.45) is 2.50. The van der Waals surface area contributed by atoms with Gasteiger partial charge in [-0.25, -0.2) is 0 Å². The summed E-state index contributed by atoms with van der Waals surface area (Å²) in [6, 6.07) is 12.9. The number of hydrogen-bond donors (Lipinski definition) is 1. The van der Waals surface area contributed by atoms with Gasteiger partial charge < -0.3 is 14.6 Å². The number of ketones is 1. The van der Waals surface area contributed by atoms with E-state index in [2.05, 4.69) is 0 Å². The van der Waals surface area contributed by atoms with Crippen molar-refractivity contribution in [2.75, 3.05) is 0 Å². The number of benzene rings is 2. The summed E-state index contributed by atoms with van der Waals surface area (Å²) in [5.74, 6) is 1.23. The zero-order chi connectivity index (χ0) is 19.4. The second-order valence-corrected chi connectivity index (χ2v) is 8.13. The number of Topliss-reactive ketones (excluding diaryl/α,β-unsaturated/α-hetero) is 1. The SMILES string of the molecule is CCc1cc(Oc2ccc(Cl)cc2)ccc1C1=C(O)[C@H]2[C@@H](C1=O)[C@@H]1CC[C@H]2O1. The van der Waals surface area contributed by atoms with E-state index in [4.69, 9.17) is 21.1 Å². The van der Waals surface area contributed by atoms with Gasteiger partial charge in [0.25, 0.3) is 0 Å². The van der Waals surface area contributed by atoms with Crippen molar-refractivity contribution < 1.29 is 19.4 Å². The molecule has 2 fully saturated rings. The number of carbonyl (C=O) groups is 1. The first-order chi connectivity index (χ1) is 13.6. The van der Waals surface area contributed by atoms with Gasteiger partial charge >= 0.3 is 0 Å². The van der Waals surface area contributed by atoms with Crippen LogP contribution in [-0.2, 0) is 16.0 Å². The molecule has 28 heavy (non-hydrogen) atoms. The summed E-state index contributed by atoms with van der Waals surface area (Å²) in [7, 11) is 0. The van der Waals surface area contributed by atoms with Crippen LogP contribution in [0.2, 0.25) is 5.02 Å². The molecule has 2 saturated heterocycles. The van der Waals surface area contributed by atoms with Crippen molar-refractivity contribution in [1.82, 2.24) is 0 Å². The Kier molecular flexibility index (Phi) is 4.22. The van der Waals surface area contributed by atoms with Crippen LogP contribution in [0.5, 0.6) is 11.5 Å². The molecule has 0 amide bonds. The average molecular weight is 397 g/mol. The number of ether oxygens (including phenoxy) is 2. The number of aliphatic hydroxyl groups is 1. The first-order valence-corrected chi connectivity index (χ1v) is 10.1. The zero-order valence-electron chi connectivity index (χ0n) is 15.5. The number of fused-ring (bicyclic) bond motifs is 5. The molecule has 2 heterocycles. The van der Waals surface area contributed by atoms with Gasteiger partial charge in [-0.3, -0.25) is 4.79 Å². The van der Waals surface area contributed by atoms with Crippen LogP contribution in [0.4, 0.5) is 0 Å². The molecule has 3 aliphatic rings. The number of carbonyl (C=O) groups excluding carboxylic acids is 1. The monoisotopic (exact) mass is 396 g/mol. The number of aliphatic hydroxyl groups excluding tert-OH is 1. The van der Waals surface area contributed by atoms with Crippen LogP contribution in [0.25, 0.3) is 5.57 Å². The lowest BCUT2D eigenvalue weighted by Gasteiger charge is -2.19. The average Bonchev–Trinajstić information content (AvgIpc) is 3.38. The lowest BCUT2D eigenvalue weighted by atomic mass is 9.80. The van der Waals surface area contributed by atoms with Crippen LogP contribution in [0.1, 0.15) is 30.9 Å². The van der Waals surface area contributed by atoms with E-state index >= 15 is 0 Å². The Morgan fingerprint density at radius 3 is 2.43 bits per heavy atom. The number of aryl methyl sites for hydroxylation is 1. The van der Waals surface area contributed by atoms with Gasteiger partial charge in [0, 0.05) is 5.02 Å². The number of allylic oxidation sites excluding steroid dienone is 1. The normalized spacial score (nSPS) is 28.1. The van der Waals surface area contributed by atoms with Crippen LogP contribution in [0.3, 0.4) is 0 Å². The lowest BCUT2D eigenvalue weighted by Crippen LogP contribution is -2.29. The summed E-state index contributed by atoms with van der Waals surface area (Å²) in [4.78, 5) is 13.1. The van der Waals surface area contributed by atoms with Crippen LogP contribution in [-0.4, -0.2) is 23.1 Å². The molecule has 1 N–H and O–H groups in total. The number of rotatable bonds is 4. The maximum Gasteiger partial charge on any atom is 0.173 e. The molecule has 2 bridgehead atoms. The minimum absolute atomic E-state index is 0.0194. The maximum absolute atomic E-state index is 13.1. The Bertz CT molecular complexity index is 979. The molecule has 4 nitrogen and oxygen atoms in total. The molecular formula is C23H21ClO4. The van der Waals surface area contributed by atoms with Crippen LogP contribution < -0.4 is 4.74 Å². The van der Waals surface area contributed by atoms with Crippen molar-refractivity contribution in [2.24, 2.45) is 11.8 Å². The summed E-state index contributed by atoms with van der Waals surface area (Å²) in [5.41, 5.74) is 2.27. The van der Waals surface area contributed by atoms with Crippen LogP contribution >= 0.6 is 11.6 Å². The van der Waals surface area contributed by atoms with Crippen molar-refractivity contribution in [2.45, 2.75) is 38.4 Å². The van der Waals surface area contributed by atoms with Crippen LogP contribution in [0, 0.1) is 11.8 Å². The fraction of sp³-hybridized carbons (Fsp3) is 0.348. The first-order valence-electron chi connectivity index (χ1n) is 9.76. The van der Waals surface area contributed by atoms with Gasteiger partial charge in [0.15, 0.2) is 5.78 Å². The smallest absolute Gasteiger partial charge is 0.173 e. The molecule has 0 radical (unpaired) electrons. The van der Waals surface area contributed by atoms with Gasteiger partial charge in [-0.15, -0.1) is 0 Å². The predicted octanol–water partition coefficient (Wildman–Crippen LogP) is 5.34. The van der Waals surface area contributed by atoms with Crippen LogP contribution in [0.15, 0.2) is 48.2 Å². The number of halogens is 1. The topological polar surface area (TPSA) is 55.8 Å². The van der Waals surface area contributed by atoms with E-state index in [1.807, 2.05) is 37.3 Å². The van der Waals surface area contributed by atoms with Crippen molar-refractivity contribution in [3.05, 3.63) is 64.4 Å². The van der Waals surface area contributed by atoms with E-state index in [9.17, 15) is 9.90 Å². The second-order valence-electron chi connectivity index (χ2n) is 7.69. The summed E-state index contributed by atoms with van der Waals surface area (Å²) >= 11 is 5.92. The first kappa shape index (κ1) is 17.8. The molecular weight excluding hydrogens is 376 g/mol. The fourth-order valence-electron chi connectivity index (χ4n) is 4.90. The third kappa shape index (κ3) is 2.66. The molecule has 2 aromatic rings. The van der Waals surface area contributed by atoms with Gasteiger partial charge in [0.1, 0.15) is 17.3 Å². The molecule has 0 spiro atoms. The van der Waals surface area contributed by atoms with E-state index in [-0.39, 0.29) is 35.6 Å². The molecule has 4 atom stereocenters. The molecule has 0 unspecified atom stereocenters. The second kappa shape index (κ2) is 6.64. The third-order valence-electron chi connectivity index (χ3n) is 6.17. The van der Waals surface area contributed by atoms with Gasteiger partial charge in [0.05, 0.1) is 29.6 Å². The third-order valence-corrected chi connectivity index (χ3v) is 6.42. The standard InChI is InChI=1S/C23H21ClO4/c1-2-12-11-15(27-14-5-3-13(24)4-6-14)7-8-16(12)19-22(25)20-17-9-10-18(28-17)21(20)23(19)26/h3-8,11,17-18,20-21,25H,2,9-10H2,1H3/t17-,18+,20-,21+/m1/s1. The lowest BCUT2D eigenvalue weighted by molar-refractivity contribution is -0.118. The van der Waals surface area contributed by atoms with Gasteiger partial charge in [0.2, 0.25) is 0 Å². The van der Waals surface area contributed by atoms with E-state index in [0.29, 0.717) is 22.1 Å². The molecule has 2 aromatic carbocycles. The van der Waals surface area contributed by atoms with Crippen molar-refractivity contribution >= 4 is 23.0 Å². The molecule has 5 rings (SSSR count). The molecule has 2 aliphatic heterocycles. The molecule has 0 saturated carbocycles. The van der Waals surface area contributed by atoms with E-state index in [1.165, 1.54) is 0 Å². The Balaban J connectivity index is 1.49. The summed E-state index contributed by atoms with van der Waals surface area (Å²) in [5, 5.41) is 11.5. The molecule has 5 heteroatoms. The van der Waals surface area contributed by atoms with Crippen molar-refractivity contribution in [3.8, 4) is 11.5 Å². The summed E-state index contributed by atoms with van der Waals surface area (Å²) < 4.78 is 11.8. The Hall–Kier alpha value is -2.30. The van der Waals surface area contributed by atoms with Gasteiger partial charge in [-0.1, -0.05) is 24.6 Å². The zero-order valence-corrected chi connectivity index (χ0v) is 16.3. The van der Waals surface area contributed by atoms with Gasteiger partial charge in [-0.2, -0.15) is 0 Å². The minimum atomic E-state index is -0.219. The molecule has 144 valence electrons. The Labute approximate surface area is 168 Å². The van der Waals surface area contributed by atoms with Crippen molar-refractivity contribution in [3.63, 3.8) is 0 Å². The molecule has 0 aromatic heterocycles. The summed E-state index contributed by atoms with van der Waals surface area (Å²) in [6.45, 7) is 2.04. The molecule has 1 aliphatic carbocycles. The maximum atomic E-state index is 13.1. The van der Waals surface area contributed by atoms with E-state index in [1.54, 1.807) is 12.1 Å². The quantitative estimate of drug-likeness (QED) is 0.757. The Morgan fingerprint density at radius 2 is 1.75 bits per heavy atom.